The molecule has 94 valence electrons. The number of hydrogen-bond donors (Lipinski definition) is 0. The van der Waals surface area contributed by atoms with Crippen molar-refractivity contribution < 1.29 is 13.2 Å². The Bertz CT molecular complexity index is 529. The summed E-state index contributed by atoms with van der Waals surface area (Å²) in [5, 5.41) is 0. The molecule has 0 aromatic heterocycles. The van der Waals surface area contributed by atoms with Gasteiger partial charge in [0, 0.05) is 0 Å². The molecule has 4 nitrogen and oxygen atoms in total. The summed E-state index contributed by atoms with van der Waals surface area (Å²) in [4.78, 5) is 11.4. The highest BCUT2D eigenvalue weighted by Crippen LogP contribution is 2.34. The van der Waals surface area contributed by atoms with Crippen LogP contribution in [0, 0.1) is 0 Å². The number of carbonyl (C=O) groups is 1. The van der Waals surface area contributed by atoms with Crippen LogP contribution in [-0.4, -0.2) is 23.0 Å². The first-order valence-electron chi connectivity index (χ1n) is 4.37. The zero-order valence-corrected chi connectivity index (χ0v) is 12.0. The third kappa shape index (κ3) is 3.31. The van der Waals surface area contributed by atoms with Gasteiger partial charge in [0.1, 0.15) is 0 Å². The van der Waals surface area contributed by atoms with E-state index in [1.165, 1.54) is 12.2 Å². The van der Waals surface area contributed by atoms with Crippen molar-refractivity contribution >= 4 is 56.3 Å². The molecular weight excluding hydrogens is 309 g/mol. The van der Waals surface area contributed by atoms with Crippen molar-refractivity contribution in [2.75, 3.05) is 0 Å². The van der Waals surface area contributed by atoms with Gasteiger partial charge in [0.25, 0.3) is 0 Å². The molecule has 0 aromatic carbocycles. The number of alkyl halides is 3. The second-order valence-corrected chi connectivity index (χ2v) is 8.12. The number of carbonyl (C=O) groups excluding carboxylic acids is 1. The lowest BCUT2D eigenvalue weighted by atomic mass is 9.98. The molecule has 0 saturated heterocycles. The van der Waals surface area contributed by atoms with Crippen LogP contribution in [0.4, 0.5) is 0 Å². The number of Topliss-reactive ketones (excluding diaryl/α,β-unsaturated/α-hetero) is 1. The number of ketones is 1. The fraction of sp³-hybridized carbons (Fsp3) is 0.333. The third-order valence-corrected chi connectivity index (χ3v) is 4.75. The third-order valence-electron chi connectivity index (χ3n) is 1.96. The van der Waals surface area contributed by atoms with Crippen LogP contribution in [0.1, 0.15) is 13.8 Å². The van der Waals surface area contributed by atoms with Crippen LogP contribution in [0.2, 0.25) is 0 Å². The molecular formula is C9H8Cl3NO3S. The summed E-state index contributed by atoms with van der Waals surface area (Å²) >= 11 is 15.8. The van der Waals surface area contributed by atoms with Gasteiger partial charge in [0.05, 0.1) is 5.71 Å². The van der Waals surface area contributed by atoms with E-state index in [9.17, 15) is 13.2 Å². The van der Waals surface area contributed by atoms with E-state index < -0.39 is 13.1 Å². The average Bonchev–Trinajstić information content (AvgIpc) is 2.11. The van der Waals surface area contributed by atoms with Gasteiger partial charge in [0.15, 0.2) is 5.78 Å². The quantitative estimate of drug-likeness (QED) is 0.551. The minimum atomic E-state index is -4.28. The summed E-state index contributed by atoms with van der Waals surface area (Å²) in [6.45, 7) is 3.10. The van der Waals surface area contributed by atoms with Gasteiger partial charge in [-0.1, -0.05) is 34.8 Å². The molecule has 0 radical (unpaired) electrons. The molecule has 0 fully saturated rings. The van der Waals surface area contributed by atoms with Crippen molar-refractivity contribution in [1.29, 1.82) is 0 Å². The van der Waals surface area contributed by atoms with Crippen molar-refractivity contribution in [2.24, 2.45) is 4.40 Å². The van der Waals surface area contributed by atoms with E-state index in [0.29, 0.717) is 11.1 Å². The molecule has 0 bridgehead atoms. The van der Waals surface area contributed by atoms with E-state index in [1.807, 2.05) is 0 Å². The van der Waals surface area contributed by atoms with Gasteiger partial charge >= 0.3 is 13.1 Å². The first kappa shape index (κ1) is 14.7. The standard InChI is InChI=1S/C9H8Cl3NO3S/c1-5-3-7(4-6(2)8(5)14)13-17(15,16)9(10,11)12/h3-4H,1-2H3. The molecule has 8 heteroatoms. The van der Waals surface area contributed by atoms with Crippen molar-refractivity contribution in [3.63, 3.8) is 0 Å². The Morgan fingerprint density at radius 2 is 1.53 bits per heavy atom. The molecule has 0 aromatic rings. The van der Waals surface area contributed by atoms with Crippen molar-refractivity contribution in [3.05, 3.63) is 23.3 Å². The number of sulfonamides is 1. The monoisotopic (exact) mass is 315 g/mol. The summed E-state index contributed by atoms with van der Waals surface area (Å²) < 4.78 is 23.8. The van der Waals surface area contributed by atoms with E-state index in [4.69, 9.17) is 34.8 Å². The first-order chi connectivity index (χ1) is 7.54. The first-order valence-corrected chi connectivity index (χ1v) is 6.94. The Balaban J connectivity index is 3.26. The lowest BCUT2D eigenvalue weighted by Crippen LogP contribution is -2.19. The topological polar surface area (TPSA) is 63.6 Å². The Morgan fingerprint density at radius 3 is 1.88 bits per heavy atom. The summed E-state index contributed by atoms with van der Waals surface area (Å²) in [6, 6.07) is 0. The summed E-state index contributed by atoms with van der Waals surface area (Å²) in [7, 11) is -4.28. The highest BCUT2D eigenvalue weighted by atomic mass is 35.6. The van der Waals surface area contributed by atoms with Gasteiger partial charge in [-0.15, -0.1) is 0 Å². The van der Waals surface area contributed by atoms with Crippen LogP contribution >= 0.6 is 34.8 Å². The highest BCUT2D eigenvalue weighted by molar-refractivity contribution is 7.96. The maximum Gasteiger partial charge on any atom is 0.313 e. The zero-order valence-electron chi connectivity index (χ0n) is 8.87. The molecule has 0 unspecified atom stereocenters. The minimum absolute atomic E-state index is 0.0610. The lowest BCUT2D eigenvalue weighted by Gasteiger charge is -2.11. The van der Waals surface area contributed by atoms with Crippen molar-refractivity contribution in [2.45, 2.75) is 17.0 Å². The number of nitrogens with zero attached hydrogens (tertiary/aromatic N) is 1. The van der Waals surface area contributed by atoms with E-state index in [0.717, 1.165) is 0 Å². The highest BCUT2D eigenvalue weighted by Gasteiger charge is 2.38. The van der Waals surface area contributed by atoms with Crippen LogP contribution in [0.3, 0.4) is 0 Å². The van der Waals surface area contributed by atoms with E-state index in [-0.39, 0.29) is 11.5 Å². The van der Waals surface area contributed by atoms with Crippen LogP contribution in [0.25, 0.3) is 0 Å². The molecule has 0 saturated carbocycles. The molecule has 17 heavy (non-hydrogen) atoms. The molecule has 0 aliphatic heterocycles. The Morgan fingerprint density at radius 1 is 1.12 bits per heavy atom. The Labute approximate surface area is 114 Å². The van der Waals surface area contributed by atoms with Gasteiger partial charge in [-0.25, -0.2) is 8.42 Å². The summed E-state index contributed by atoms with van der Waals surface area (Å²) in [5.74, 6) is -0.171. The number of rotatable bonds is 1. The second kappa shape index (κ2) is 4.72. The van der Waals surface area contributed by atoms with Gasteiger partial charge in [-0.2, -0.15) is 4.40 Å². The largest absolute Gasteiger partial charge is 0.313 e. The summed E-state index contributed by atoms with van der Waals surface area (Å²) in [6.07, 6.45) is 2.65. The smallest absolute Gasteiger partial charge is 0.289 e. The SMILES string of the molecule is CC1=CC(=NS(=O)(=O)C(Cl)(Cl)Cl)C=C(C)C1=O. The number of hydrogen-bond acceptors (Lipinski definition) is 3. The predicted octanol–water partition coefficient (Wildman–Crippen LogP) is 2.56. The molecule has 0 atom stereocenters. The number of allylic oxidation sites excluding steroid dienone is 4. The minimum Gasteiger partial charge on any atom is -0.289 e. The molecule has 0 amide bonds. The molecule has 1 rings (SSSR count). The van der Waals surface area contributed by atoms with E-state index in [2.05, 4.69) is 4.40 Å². The fourth-order valence-electron chi connectivity index (χ4n) is 1.17. The molecule has 0 spiro atoms. The van der Waals surface area contributed by atoms with E-state index in [1.54, 1.807) is 13.8 Å². The fourth-order valence-corrected chi connectivity index (χ4v) is 1.97. The van der Waals surface area contributed by atoms with Crippen LogP contribution in [0.5, 0.6) is 0 Å². The molecule has 1 aliphatic rings. The maximum absolute atomic E-state index is 11.5. The predicted molar refractivity (Wildman–Crippen MR) is 69.2 cm³/mol. The molecule has 1 aliphatic carbocycles. The average molecular weight is 317 g/mol. The van der Waals surface area contributed by atoms with Gasteiger partial charge in [-0.05, 0) is 37.1 Å². The zero-order chi connectivity index (χ0) is 13.4. The molecule has 0 N–H and O–H groups in total. The van der Waals surface area contributed by atoms with Crippen LogP contribution in [-0.2, 0) is 14.8 Å². The van der Waals surface area contributed by atoms with Gasteiger partial charge < -0.3 is 0 Å². The Hall–Kier alpha value is -0.360. The van der Waals surface area contributed by atoms with Gasteiger partial charge in [0.2, 0.25) is 0 Å². The van der Waals surface area contributed by atoms with Crippen LogP contribution in [0.15, 0.2) is 27.7 Å². The maximum atomic E-state index is 11.5. The second-order valence-electron chi connectivity index (χ2n) is 3.42. The molecule has 0 heterocycles. The Kier molecular flexibility index (Phi) is 4.08. The number of halogens is 3. The van der Waals surface area contributed by atoms with E-state index >= 15 is 0 Å². The normalized spacial score (nSPS) is 17.7. The summed E-state index contributed by atoms with van der Waals surface area (Å²) in [5.41, 5.74) is 0.817. The van der Waals surface area contributed by atoms with Crippen molar-refractivity contribution in [3.8, 4) is 0 Å². The van der Waals surface area contributed by atoms with Crippen LogP contribution < -0.4 is 0 Å². The van der Waals surface area contributed by atoms with Crippen molar-refractivity contribution in [1.82, 2.24) is 0 Å². The lowest BCUT2D eigenvalue weighted by molar-refractivity contribution is -0.112. The van der Waals surface area contributed by atoms with Gasteiger partial charge in [-0.3, -0.25) is 4.79 Å².